The lowest BCUT2D eigenvalue weighted by molar-refractivity contribution is 0.240. The van der Waals surface area contributed by atoms with E-state index in [1.54, 1.807) is 0 Å². The molecule has 1 N–H and O–H groups in total. The Hall–Kier alpha value is -1.96. The van der Waals surface area contributed by atoms with Crippen molar-refractivity contribution in [1.29, 1.82) is 0 Å². The summed E-state index contributed by atoms with van der Waals surface area (Å²) in [7, 11) is 0. The first-order valence-electron chi connectivity index (χ1n) is 7.83. The van der Waals surface area contributed by atoms with E-state index in [-0.39, 0.29) is 6.10 Å². The highest BCUT2D eigenvalue weighted by molar-refractivity contribution is 5.60. The molecule has 0 saturated carbocycles. The van der Waals surface area contributed by atoms with E-state index in [1.807, 2.05) is 6.07 Å². The van der Waals surface area contributed by atoms with Gasteiger partial charge in [0.2, 0.25) is 0 Å². The van der Waals surface area contributed by atoms with Gasteiger partial charge in [-0.3, -0.25) is 0 Å². The smallest absolute Gasteiger partial charge is 0.123 e. The summed E-state index contributed by atoms with van der Waals surface area (Å²) in [5, 5.41) is 3.57. The molecule has 21 heavy (non-hydrogen) atoms. The molecule has 0 aliphatic carbocycles. The van der Waals surface area contributed by atoms with Crippen LogP contribution in [0.3, 0.4) is 0 Å². The molecule has 1 aliphatic rings. The van der Waals surface area contributed by atoms with Gasteiger partial charge in [0.25, 0.3) is 0 Å². The maximum absolute atomic E-state index is 5.94. The van der Waals surface area contributed by atoms with Crippen LogP contribution in [0.15, 0.2) is 42.5 Å². The number of nitrogens with one attached hydrogen (secondary N) is 1. The predicted octanol–water partition coefficient (Wildman–Crippen LogP) is 4.42. The highest BCUT2D eigenvalue weighted by atomic mass is 16.5. The number of hydrogen-bond acceptors (Lipinski definition) is 2. The van der Waals surface area contributed by atoms with E-state index >= 15 is 0 Å². The second kappa shape index (κ2) is 6.21. The van der Waals surface area contributed by atoms with Crippen molar-refractivity contribution >= 4 is 5.69 Å². The van der Waals surface area contributed by atoms with Crippen molar-refractivity contribution in [2.45, 2.75) is 39.2 Å². The molecule has 2 aromatic rings. The molecule has 0 saturated heterocycles. The molecule has 3 rings (SSSR count). The fraction of sp³-hybridized carbons (Fsp3) is 0.368. The van der Waals surface area contributed by atoms with Crippen molar-refractivity contribution in [3.63, 3.8) is 0 Å². The quantitative estimate of drug-likeness (QED) is 0.895. The molecule has 0 radical (unpaired) electrons. The second-order valence-corrected chi connectivity index (χ2v) is 5.93. The maximum Gasteiger partial charge on any atom is 0.123 e. The van der Waals surface area contributed by atoms with Gasteiger partial charge in [-0.15, -0.1) is 0 Å². The largest absolute Gasteiger partial charge is 0.491 e. The third-order valence-electron chi connectivity index (χ3n) is 3.88. The average molecular weight is 281 g/mol. The van der Waals surface area contributed by atoms with Gasteiger partial charge in [-0.05, 0) is 49.4 Å². The lowest BCUT2D eigenvalue weighted by atomic mass is 9.95. The van der Waals surface area contributed by atoms with Crippen molar-refractivity contribution in [3.8, 4) is 5.75 Å². The Balaban J connectivity index is 1.91. The lowest BCUT2D eigenvalue weighted by Gasteiger charge is -2.22. The Morgan fingerprint density at radius 1 is 1.05 bits per heavy atom. The van der Waals surface area contributed by atoms with Crippen molar-refractivity contribution < 1.29 is 4.74 Å². The summed E-state index contributed by atoms with van der Waals surface area (Å²) in [6, 6.07) is 15.0. The SMILES string of the molecule is CC(C)Oc1ccccc1Cc1cccc2c1NCCC2. The van der Waals surface area contributed by atoms with E-state index in [0.29, 0.717) is 0 Å². The van der Waals surface area contributed by atoms with Crippen LogP contribution in [0.2, 0.25) is 0 Å². The lowest BCUT2D eigenvalue weighted by Crippen LogP contribution is -2.14. The minimum Gasteiger partial charge on any atom is -0.491 e. The van der Waals surface area contributed by atoms with Crippen LogP contribution in [0.1, 0.15) is 37.0 Å². The van der Waals surface area contributed by atoms with Crippen LogP contribution < -0.4 is 10.1 Å². The van der Waals surface area contributed by atoms with Crippen LogP contribution in [-0.2, 0) is 12.8 Å². The van der Waals surface area contributed by atoms with E-state index in [0.717, 1.165) is 18.7 Å². The van der Waals surface area contributed by atoms with Crippen LogP contribution >= 0.6 is 0 Å². The Kier molecular flexibility index (Phi) is 4.14. The van der Waals surface area contributed by atoms with Gasteiger partial charge in [-0.25, -0.2) is 0 Å². The molecular formula is C19H23NO. The molecule has 2 nitrogen and oxygen atoms in total. The van der Waals surface area contributed by atoms with Crippen molar-refractivity contribution in [2.75, 3.05) is 11.9 Å². The molecule has 0 spiro atoms. The van der Waals surface area contributed by atoms with Gasteiger partial charge < -0.3 is 10.1 Å². The predicted molar refractivity (Wildman–Crippen MR) is 88.3 cm³/mol. The minimum absolute atomic E-state index is 0.203. The molecule has 1 aliphatic heterocycles. The van der Waals surface area contributed by atoms with Gasteiger partial charge in [0, 0.05) is 18.7 Å². The number of rotatable bonds is 4. The van der Waals surface area contributed by atoms with E-state index < -0.39 is 0 Å². The normalized spacial score (nSPS) is 13.7. The molecule has 0 amide bonds. The molecule has 0 atom stereocenters. The van der Waals surface area contributed by atoms with Gasteiger partial charge in [0.1, 0.15) is 5.75 Å². The topological polar surface area (TPSA) is 21.3 Å². The molecule has 2 aromatic carbocycles. The van der Waals surface area contributed by atoms with Crippen molar-refractivity contribution in [2.24, 2.45) is 0 Å². The zero-order valence-electron chi connectivity index (χ0n) is 12.9. The van der Waals surface area contributed by atoms with Crippen molar-refractivity contribution in [1.82, 2.24) is 0 Å². The first-order chi connectivity index (χ1) is 10.2. The van der Waals surface area contributed by atoms with Gasteiger partial charge in [0.05, 0.1) is 6.10 Å². The van der Waals surface area contributed by atoms with Crippen LogP contribution in [0, 0.1) is 0 Å². The van der Waals surface area contributed by atoms with Crippen LogP contribution in [0.25, 0.3) is 0 Å². The number of fused-ring (bicyclic) bond motifs is 1. The second-order valence-electron chi connectivity index (χ2n) is 5.93. The Labute approximate surface area is 127 Å². The maximum atomic E-state index is 5.94. The van der Waals surface area contributed by atoms with Gasteiger partial charge >= 0.3 is 0 Å². The standard InChI is InChI=1S/C19H23NO/c1-14(2)21-18-11-4-3-7-16(18)13-17-9-5-8-15-10-6-12-20-19(15)17/h3-5,7-9,11,14,20H,6,10,12-13H2,1-2H3. The monoisotopic (exact) mass is 281 g/mol. The molecule has 110 valence electrons. The fourth-order valence-corrected chi connectivity index (χ4v) is 2.95. The van der Waals surface area contributed by atoms with Crippen LogP contribution in [0.4, 0.5) is 5.69 Å². The van der Waals surface area contributed by atoms with E-state index in [2.05, 4.69) is 55.6 Å². The highest BCUT2D eigenvalue weighted by Crippen LogP contribution is 2.30. The number of para-hydroxylation sites is 2. The summed E-state index contributed by atoms with van der Waals surface area (Å²) in [6.07, 6.45) is 3.53. The van der Waals surface area contributed by atoms with Crippen LogP contribution in [-0.4, -0.2) is 12.6 Å². The number of hydrogen-bond donors (Lipinski definition) is 1. The zero-order chi connectivity index (χ0) is 14.7. The van der Waals surface area contributed by atoms with E-state index in [9.17, 15) is 0 Å². The van der Waals surface area contributed by atoms with E-state index in [1.165, 1.54) is 35.2 Å². The molecular weight excluding hydrogens is 258 g/mol. The third-order valence-corrected chi connectivity index (χ3v) is 3.88. The average Bonchev–Trinajstić information content (AvgIpc) is 2.49. The van der Waals surface area contributed by atoms with Crippen LogP contribution in [0.5, 0.6) is 5.75 Å². The molecule has 0 aromatic heterocycles. The molecule has 0 fully saturated rings. The van der Waals surface area contributed by atoms with Crippen molar-refractivity contribution in [3.05, 3.63) is 59.2 Å². The number of aryl methyl sites for hydroxylation is 1. The Morgan fingerprint density at radius 3 is 2.71 bits per heavy atom. The first kappa shape index (κ1) is 14.0. The third kappa shape index (κ3) is 3.21. The summed E-state index contributed by atoms with van der Waals surface area (Å²) in [5.41, 5.74) is 5.41. The summed E-state index contributed by atoms with van der Waals surface area (Å²) in [4.78, 5) is 0. The van der Waals surface area contributed by atoms with E-state index in [4.69, 9.17) is 4.74 Å². The van der Waals surface area contributed by atoms with Gasteiger partial charge in [0.15, 0.2) is 0 Å². The summed E-state index contributed by atoms with van der Waals surface area (Å²) in [5.74, 6) is 1.00. The highest BCUT2D eigenvalue weighted by Gasteiger charge is 2.14. The zero-order valence-corrected chi connectivity index (χ0v) is 12.9. The minimum atomic E-state index is 0.203. The molecule has 1 heterocycles. The Bertz CT molecular complexity index is 619. The number of benzene rings is 2. The first-order valence-corrected chi connectivity index (χ1v) is 7.83. The summed E-state index contributed by atoms with van der Waals surface area (Å²) < 4.78 is 5.94. The summed E-state index contributed by atoms with van der Waals surface area (Å²) in [6.45, 7) is 5.22. The summed E-state index contributed by atoms with van der Waals surface area (Å²) >= 11 is 0. The van der Waals surface area contributed by atoms with Gasteiger partial charge in [-0.2, -0.15) is 0 Å². The molecule has 0 unspecified atom stereocenters. The Morgan fingerprint density at radius 2 is 1.86 bits per heavy atom. The number of anilines is 1. The fourth-order valence-electron chi connectivity index (χ4n) is 2.95. The molecule has 0 bridgehead atoms. The molecule has 2 heteroatoms. The van der Waals surface area contributed by atoms with Gasteiger partial charge in [-0.1, -0.05) is 36.4 Å². The number of ether oxygens (including phenoxy) is 1.